The zero-order valence-electron chi connectivity index (χ0n) is 16.0. The van der Waals surface area contributed by atoms with Crippen LogP contribution in [-0.2, 0) is 9.59 Å². The standard InChI is InChI=1S/C17H24N8O2/c1-16(6-7-16)14(20-11-18)24(4)22-12(26)10-13(27)23-25(5)15(21-19-3)17(2)8-9-17/h6-10H2,1-2,4-5H3,(H,22,26)(H,23,27). The molecule has 2 aliphatic rings. The average molecular weight is 372 g/mol. The van der Waals surface area contributed by atoms with E-state index in [1.54, 1.807) is 20.3 Å². The van der Waals surface area contributed by atoms with Crippen molar-refractivity contribution in [3.63, 3.8) is 0 Å². The zero-order valence-corrected chi connectivity index (χ0v) is 16.0. The third-order valence-corrected chi connectivity index (χ3v) is 4.92. The molecule has 2 rings (SSSR count). The Morgan fingerprint density at radius 3 is 1.93 bits per heavy atom. The maximum atomic E-state index is 12.2. The smallest absolute Gasteiger partial charge is 0.248 e. The maximum absolute atomic E-state index is 12.2. The average Bonchev–Trinajstić information content (AvgIpc) is 3.49. The van der Waals surface area contributed by atoms with Gasteiger partial charge in [0.1, 0.15) is 17.4 Å². The van der Waals surface area contributed by atoms with E-state index < -0.39 is 18.2 Å². The van der Waals surface area contributed by atoms with Crippen LogP contribution in [0.3, 0.4) is 0 Å². The van der Waals surface area contributed by atoms with Gasteiger partial charge >= 0.3 is 0 Å². The number of amidine groups is 2. The van der Waals surface area contributed by atoms with Crippen LogP contribution in [0.1, 0.15) is 46.0 Å². The van der Waals surface area contributed by atoms with Gasteiger partial charge in [-0.15, -0.1) is 4.95 Å². The first-order valence-corrected chi connectivity index (χ1v) is 8.64. The molecule has 0 saturated heterocycles. The Bertz CT molecular complexity index is 701. The van der Waals surface area contributed by atoms with Crippen LogP contribution in [0.5, 0.6) is 0 Å². The zero-order chi connectivity index (χ0) is 20.2. The van der Waals surface area contributed by atoms with Gasteiger partial charge in [-0.05, 0) is 25.7 Å². The lowest BCUT2D eigenvalue weighted by molar-refractivity contribution is -0.132. The van der Waals surface area contributed by atoms with Gasteiger partial charge in [0.05, 0.1) is 0 Å². The molecule has 27 heavy (non-hydrogen) atoms. The van der Waals surface area contributed by atoms with Crippen molar-refractivity contribution in [3.8, 4) is 6.19 Å². The van der Waals surface area contributed by atoms with Gasteiger partial charge in [-0.3, -0.25) is 30.5 Å². The first-order chi connectivity index (χ1) is 12.6. The van der Waals surface area contributed by atoms with Gasteiger partial charge in [0.15, 0.2) is 0 Å². The molecular formula is C17H24N8O2. The number of hydrogen-bond acceptors (Lipinski definition) is 5. The molecular weight excluding hydrogens is 348 g/mol. The maximum Gasteiger partial charge on any atom is 0.248 e. The SMILES string of the molecule is [C-]#[N+]N=C(N(C)NC(=O)CC(=O)NN(C)C(=NC#N)C1(C)CC1)C1(C)CC1. The Kier molecular flexibility index (Phi) is 5.69. The largest absolute Gasteiger partial charge is 0.274 e. The van der Waals surface area contributed by atoms with Gasteiger partial charge in [0.2, 0.25) is 23.8 Å². The molecule has 0 heterocycles. The quantitative estimate of drug-likeness (QED) is 0.191. The van der Waals surface area contributed by atoms with Crippen LogP contribution in [0.2, 0.25) is 0 Å². The van der Waals surface area contributed by atoms with Crippen LogP contribution >= 0.6 is 0 Å². The van der Waals surface area contributed by atoms with Gasteiger partial charge < -0.3 is 0 Å². The summed E-state index contributed by atoms with van der Waals surface area (Å²) in [6, 6.07) is 0. The number of rotatable bonds is 4. The first-order valence-electron chi connectivity index (χ1n) is 8.64. The Balaban J connectivity index is 1.89. The molecule has 0 aromatic heterocycles. The number of carbonyl (C=O) groups is 2. The Morgan fingerprint density at radius 1 is 1.07 bits per heavy atom. The summed E-state index contributed by atoms with van der Waals surface area (Å²) in [6.45, 7) is 10.9. The van der Waals surface area contributed by atoms with E-state index in [0.717, 1.165) is 25.7 Å². The summed E-state index contributed by atoms with van der Waals surface area (Å²) in [4.78, 5) is 31.2. The summed E-state index contributed by atoms with van der Waals surface area (Å²) >= 11 is 0. The molecule has 0 aromatic rings. The fourth-order valence-electron chi connectivity index (χ4n) is 2.83. The lowest BCUT2D eigenvalue weighted by atomic mass is 10.1. The molecule has 0 aromatic carbocycles. The molecule has 0 atom stereocenters. The second-order valence-electron chi connectivity index (χ2n) is 7.55. The van der Waals surface area contributed by atoms with E-state index in [9.17, 15) is 9.59 Å². The molecule has 10 nitrogen and oxygen atoms in total. The van der Waals surface area contributed by atoms with Gasteiger partial charge in [-0.25, -0.2) is 0 Å². The third-order valence-electron chi connectivity index (χ3n) is 4.92. The molecule has 0 radical (unpaired) electrons. The minimum atomic E-state index is -0.528. The Hall–Kier alpha value is -3.14. The van der Waals surface area contributed by atoms with E-state index in [0.29, 0.717) is 11.7 Å². The monoisotopic (exact) mass is 372 g/mol. The van der Waals surface area contributed by atoms with Crippen molar-refractivity contribution in [2.45, 2.75) is 46.0 Å². The summed E-state index contributed by atoms with van der Waals surface area (Å²) in [6.07, 6.45) is 4.91. The minimum absolute atomic E-state index is 0.211. The molecule has 0 aliphatic heterocycles. The molecule has 2 N–H and O–H groups in total. The van der Waals surface area contributed by atoms with Crippen LogP contribution in [-0.4, -0.2) is 47.6 Å². The summed E-state index contributed by atoms with van der Waals surface area (Å²) in [5, 5.41) is 15.4. The lowest BCUT2D eigenvalue weighted by Crippen LogP contribution is -2.50. The number of hydrazine groups is 2. The number of nitrogens with zero attached hydrogens (tertiary/aromatic N) is 6. The van der Waals surface area contributed by atoms with E-state index in [-0.39, 0.29) is 10.8 Å². The second-order valence-corrected chi connectivity index (χ2v) is 7.55. The van der Waals surface area contributed by atoms with E-state index in [2.05, 4.69) is 25.9 Å². The fraction of sp³-hybridized carbons (Fsp3) is 0.647. The number of carbonyl (C=O) groups excluding carboxylic acids is 2. The molecule has 10 heteroatoms. The first kappa shape index (κ1) is 20.2. The second kappa shape index (κ2) is 7.62. The lowest BCUT2D eigenvalue weighted by Gasteiger charge is -2.25. The van der Waals surface area contributed by atoms with Crippen LogP contribution in [0.15, 0.2) is 10.1 Å². The normalized spacial score (nSPS) is 19.2. The Labute approximate surface area is 158 Å². The molecule has 2 aliphatic carbocycles. The predicted octanol–water partition coefficient (Wildman–Crippen LogP) is 1.02. The van der Waals surface area contributed by atoms with Crippen molar-refractivity contribution in [3.05, 3.63) is 11.5 Å². The van der Waals surface area contributed by atoms with Crippen LogP contribution in [0.25, 0.3) is 4.95 Å². The highest BCUT2D eigenvalue weighted by molar-refractivity contribution is 6.00. The number of amides is 2. The molecule has 144 valence electrons. The highest BCUT2D eigenvalue weighted by Gasteiger charge is 2.47. The van der Waals surface area contributed by atoms with Crippen LogP contribution in [0, 0.1) is 28.9 Å². The van der Waals surface area contributed by atoms with E-state index in [1.807, 2.05) is 13.8 Å². The van der Waals surface area contributed by atoms with Crippen molar-refractivity contribution in [2.75, 3.05) is 14.1 Å². The molecule has 2 amide bonds. The number of nitriles is 1. The van der Waals surface area contributed by atoms with Gasteiger partial charge in [0.25, 0.3) is 0 Å². The van der Waals surface area contributed by atoms with E-state index in [1.165, 1.54) is 10.0 Å². The van der Waals surface area contributed by atoms with Gasteiger partial charge in [0, 0.05) is 24.9 Å². The minimum Gasteiger partial charge on any atom is -0.274 e. The Morgan fingerprint density at radius 2 is 1.52 bits per heavy atom. The molecule has 2 fully saturated rings. The summed E-state index contributed by atoms with van der Waals surface area (Å²) in [7, 11) is 3.19. The molecule has 2 saturated carbocycles. The number of nitrogens with one attached hydrogen (secondary N) is 2. The fourth-order valence-corrected chi connectivity index (χ4v) is 2.83. The van der Waals surface area contributed by atoms with Crippen molar-refractivity contribution in [1.82, 2.24) is 20.9 Å². The topological polar surface area (TPSA) is 118 Å². The van der Waals surface area contributed by atoms with Crippen molar-refractivity contribution < 1.29 is 9.59 Å². The van der Waals surface area contributed by atoms with Gasteiger partial charge in [-0.2, -0.15) is 16.8 Å². The highest BCUT2D eigenvalue weighted by Crippen LogP contribution is 2.47. The van der Waals surface area contributed by atoms with Crippen LogP contribution in [0.4, 0.5) is 0 Å². The summed E-state index contributed by atoms with van der Waals surface area (Å²) < 4.78 is 0. The third kappa shape index (κ3) is 4.94. The van der Waals surface area contributed by atoms with Crippen LogP contribution < -0.4 is 10.9 Å². The summed E-state index contributed by atoms with van der Waals surface area (Å²) in [5.74, 6) is -0.0983. The molecule has 0 bridgehead atoms. The van der Waals surface area contributed by atoms with E-state index in [4.69, 9.17) is 11.8 Å². The van der Waals surface area contributed by atoms with Gasteiger partial charge in [-0.1, -0.05) is 13.8 Å². The van der Waals surface area contributed by atoms with Crippen molar-refractivity contribution >= 4 is 23.5 Å². The number of aliphatic imine (C=N–C) groups is 1. The number of hydrogen-bond donors (Lipinski definition) is 2. The van der Waals surface area contributed by atoms with Crippen molar-refractivity contribution in [1.29, 1.82) is 5.26 Å². The highest BCUT2D eigenvalue weighted by atomic mass is 16.2. The molecule has 0 unspecified atom stereocenters. The molecule has 0 spiro atoms. The van der Waals surface area contributed by atoms with Crippen molar-refractivity contribution in [2.24, 2.45) is 20.9 Å². The van der Waals surface area contributed by atoms with E-state index >= 15 is 0 Å². The predicted molar refractivity (Wildman–Crippen MR) is 98.2 cm³/mol. The summed E-state index contributed by atoms with van der Waals surface area (Å²) in [5.41, 5.74) is 4.71.